The van der Waals surface area contributed by atoms with E-state index in [9.17, 15) is 15.3 Å². The lowest BCUT2D eigenvalue weighted by Gasteiger charge is -2.11. The minimum Gasteiger partial charge on any atom is -0.508 e. The van der Waals surface area contributed by atoms with Crippen LogP contribution in [0, 0.1) is 0 Å². The van der Waals surface area contributed by atoms with Gasteiger partial charge in [0, 0.05) is 5.56 Å². The van der Waals surface area contributed by atoms with E-state index in [2.05, 4.69) is 0 Å². The molecule has 0 fully saturated rings. The van der Waals surface area contributed by atoms with Gasteiger partial charge in [-0.1, -0.05) is 25.1 Å². The normalized spacial score (nSPS) is 10.4. The Morgan fingerprint density at radius 2 is 1.71 bits per heavy atom. The van der Waals surface area contributed by atoms with Crippen LogP contribution >= 0.6 is 0 Å². The molecule has 0 atom stereocenters. The molecular weight excluding hydrogens is 216 g/mol. The number of rotatable bonds is 2. The minimum absolute atomic E-state index is 0.132. The molecular formula is C14H14O3. The minimum atomic E-state index is -0.141. The van der Waals surface area contributed by atoms with Gasteiger partial charge >= 0.3 is 0 Å². The van der Waals surface area contributed by atoms with Gasteiger partial charge < -0.3 is 15.3 Å². The molecule has 0 heterocycles. The summed E-state index contributed by atoms with van der Waals surface area (Å²) in [6.45, 7) is 1.97. The molecule has 0 amide bonds. The quantitative estimate of drug-likeness (QED) is 0.695. The zero-order valence-corrected chi connectivity index (χ0v) is 9.51. The monoisotopic (exact) mass is 230 g/mol. The summed E-state index contributed by atoms with van der Waals surface area (Å²) >= 11 is 0. The molecule has 3 N–H and O–H groups in total. The predicted molar refractivity (Wildman–Crippen MR) is 66.3 cm³/mol. The summed E-state index contributed by atoms with van der Waals surface area (Å²) in [4.78, 5) is 0. The van der Waals surface area contributed by atoms with Crippen molar-refractivity contribution in [3.05, 3.63) is 42.0 Å². The van der Waals surface area contributed by atoms with Crippen LogP contribution in [-0.4, -0.2) is 15.3 Å². The van der Waals surface area contributed by atoms with Gasteiger partial charge in [0.2, 0.25) is 0 Å². The standard InChI is InChI=1S/C14H14O3/c1-2-9-8-10(15)6-7-11(9)12-4-3-5-13(16)14(12)17/h3-8,15-17H,2H2,1H3. The Hall–Kier alpha value is -2.16. The maximum atomic E-state index is 9.83. The topological polar surface area (TPSA) is 60.7 Å². The Bertz CT molecular complexity index is 547. The van der Waals surface area contributed by atoms with E-state index in [4.69, 9.17) is 0 Å². The number of aromatic hydroxyl groups is 3. The number of aryl methyl sites for hydroxylation is 1. The summed E-state index contributed by atoms with van der Waals surface area (Å²) in [7, 11) is 0. The van der Waals surface area contributed by atoms with E-state index in [-0.39, 0.29) is 17.2 Å². The largest absolute Gasteiger partial charge is 0.508 e. The van der Waals surface area contributed by atoms with Crippen molar-refractivity contribution in [1.29, 1.82) is 0 Å². The first kappa shape index (κ1) is 11.3. The van der Waals surface area contributed by atoms with Gasteiger partial charge in [-0.15, -0.1) is 0 Å². The second-order valence-electron chi connectivity index (χ2n) is 3.87. The third-order valence-corrected chi connectivity index (χ3v) is 2.77. The summed E-state index contributed by atoms with van der Waals surface area (Å²) < 4.78 is 0. The molecule has 88 valence electrons. The van der Waals surface area contributed by atoms with Crippen molar-refractivity contribution in [2.24, 2.45) is 0 Å². The van der Waals surface area contributed by atoms with Gasteiger partial charge in [0.05, 0.1) is 0 Å². The van der Waals surface area contributed by atoms with Crippen LogP contribution in [0.1, 0.15) is 12.5 Å². The van der Waals surface area contributed by atoms with Crippen LogP contribution in [0.2, 0.25) is 0 Å². The number of hydrogen-bond acceptors (Lipinski definition) is 3. The first-order valence-electron chi connectivity index (χ1n) is 5.46. The zero-order chi connectivity index (χ0) is 12.4. The lowest BCUT2D eigenvalue weighted by atomic mass is 9.97. The Morgan fingerprint density at radius 1 is 0.941 bits per heavy atom. The molecule has 2 aromatic rings. The van der Waals surface area contributed by atoms with Gasteiger partial charge in [-0.3, -0.25) is 0 Å². The Kier molecular flexibility index (Phi) is 2.91. The SMILES string of the molecule is CCc1cc(O)ccc1-c1cccc(O)c1O. The maximum absolute atomic E-state index is 9.83. The van der Waals surface area contributed by atoms with Crippen LogP contribution in [0.25, 0.3) is 11.1 Å². The fraction of sp³-hybridized carbons (Fsp3) is 0.143. The number of phenols is 3. The summed E-state index contributed by atoms with van der Waals surface area (Å²) in [5.74, 6) is -0.0734. The number of para-hydroxylation sites is 1. The van der Waals surface area contributed by atoms with Crippen LogP contribution in [0.15, 0.2) is 36.4 Å². The highest BCUT2D eigenvalue weighted by molar-refractivity contribution is 5.76. The van der Waals surface area contributed by atoms with Gasteiger partial charge in [-0.2, -0.15) is 0 Å². The van der Waals surface area contributed by atoms with E-state index in [0.717, 1.165) is 17.5 Å². The molecule has 0 aliphatic heterocycles. The van der Waals surface area contributed by atoms with Crippen molar-refractivity contribution in [2.45, 2.75) is 13.3 Å². The van der Waals surface area contributed by atoms with Gasteiger partial charge in [0.15, 0.2) is 11.5 Å². The summed E-state index contributed by atoms with van der Waals surface area (Å²) in [6.07, 6.45) is 0.735. The molecule has 0 saturated heterocycles. The van der Waals surface area contributed by atoms with Crippen LogP contribution in [0.3, 0.4) is 0 Å². The maximum Gasteiger partial charge on any atom is 0.165 e. The van der Waals surface area contributed by atoms with E-state index in [1.807, 2.05) is 6.92 Å². The third-order valence-electron chi connectivity index (χ3n) is 2.77. The van der Waals surface area contributed by atoms with Gasteiger partial charge in [-0.05, 0) is 35.7 Å². The Morgan fingerprint density at radius 3 is 2.41 bits per heavy atom. The highest BCUT2D eigenvalue weighted by Crippen LogP contribution is 2.38. The molecule has 0 aliphatic rings. The molecule has 3 heteroatoms. The second kappa shape index (κ2) is 4.37. The molecule has 2 aromatic carbocycles. The van der Waals surface area contributed by atoms with Crippen LogP contribution in [-0.2, 0) is 6.42 Å². The van der Waals surface area contributed by atoms with Gasteiger partial charge in [-0.25, -0.2) is 0 Å². The van der Waals surface area contributed by atoms with Crippen LogP contribution in [0.5, 0.6) is 17.2 Å². The first-order chi connectivity index (χ1) is 8.13. The lowest BCUT2D eigenvalue weighted by molar-refractivity contribution is 0.405. The Labute approximate surface area is 99.6 Å². The van der Waals surface area contributed by atoms with E-state index < -0.39 is 0 Å². The lowest BCUT2D eigenvalue weighted by Crippen LogP contribution is -1.88. The van der Waals surface area contributed by atoms with Crippen molar-refractivity contribution < 1.29 is 15.3 Å². The molecule has 0 aromatic heterocycles. The fourth-order valence-electron chi connectivity index (χ4n) is 1.88. The van der Waals surface area contributed by atoms with Crippen molar-refractivity contribution in [1.82, 2.24) is 0 Å². The number of phenolic OH excluding ortho intramolecular Hbond substituents is 3. The van der Waals surface area contributed by atoms with E-state index in [0.29, 0.717) is 5.56 Å². The molecule has 0 unspecified atom stereocenters. The highest BCUT2D eigenvalue weighted by atomic mass is 16.3. The smallest absolute Gasteiger partial charge is 0.165 e. The molecule has 0 bridgehead atoms. The summed E-state index contributed by atoms with van der Waals surface area (Å²) in [5, 5.41) is 28.7. The van der Waals surface area contributed by atoms with E-state index in [1.54, 1.807) is 30.3 Å². The van der Waals surface area contributed by atoms with Crippen LogP contribution < -0.4 is 0 Å². The van der Waals surface area contributed by atoms with E-state index in [1.165, 1.54) is 6.07 Å². The number of benzene rings is 2. The number of hydrogen-bond donors (Lipinski definition) is 3. The van der Waals surface area contributed by atoms with E-state index >= 15 is 0 Å². The van der Waals surface area contributed by atoms with Crippen molar-refractivity contribution in [3.8, 4) is 28.4 Å². The average molecular weight is 230 g/mol. The molecule has 0 spiro atoms. The zero-order valence-electron chi connectivity index (χ0n) is 9.51. The van der Waals surface area contributed by atoms with Crippen molar-refractivity contribution in [2.75, 3.05) is 0 Å². The molecule has 3 nitrogen and oxygen atoms in total. The van der Waals surface area contributed by atoms with Gasteiger partial charge in [0.1, 0.15) is 5.75 Å². The first-order valence-corrected chi connectivity index (χ1v) is 5.46. The molecule has 2 rings (SSSR count). The second-order valence-corrected chi connectivity index (χ2v) is 3.87. The summed E-state index contributed by atoms with van der Waals surface area (Å²) in [5.41, 5.74) is 2.31. The molecule has 0 saturated carbocycles. The molecule has 0 radical (unpaired) electrons. The molecule has 0 aliphatic carbocycles. The predicted octanol–water partition coefficient (Wildman–Crippen LogP) is 3.03. The highest BCUT2D eigenvalue weighted by Gasteiger charge is 2.11. The van der Waals surface area contributed by atoms with Crippen LogP contribution in [0.4, 0.5) is 0 Å². The van der Waals surface area contributed by atoms with Crippen molar-refractivity contribution in [3.63, 3.8) is 0 Å². The van der Waals surface area contributed by atoms with Crippen molar-refractivity contribution >= 4 is 0 Å². The Balaban J connectivity index is 2.64. The summed E-state index contributed by atoms with van der Waals surface area (Å²) in [6, 6.07) is 9.82. The third kappa shape index (κ3) is 2.04. The fourth-order valence-corrected chi connectivity index (χ4v) is 1.88. The van der Waals surface area contributed by atoms with Gasteiger partial charge in [0.25, 0.3) is 0 Å². The average Bonchev–Trinajstić information content (AvgIpc) is 2.33. The molecule has 17 heavy (non-hydrogen) atoms.